The number of benzene rings is 1. The lowest BCUT2D eigenvalue weighted by atomic mass is 10.2. The first-order valence-electron chi connectivity index (χ1n) is 5.25. The van der Waals surface area contributed by atoms with Crippen molar-refractivity contribution < 1.29 is 27.5 Å². The van der Waals surface area contributed by atoms with Crippen LogP contribution in [0.2, 0.25) is 0 Å². The average molecular weight is 355 g/mol. The van der Waals surface area contributed by atoms with Gasteiger partial charge in [-0.1, -0.05) is 6.07 Å². The molecule has 20 heavy (non-hydrogen) atoms. The van der Waals surface area contributed by atoms with E-state index in [0.29, 0.717) is 10.2 Å². The van der Waals surface area contributed by atoms with Crippen LogP contribution in [0.25, 0.3) is 0 Å². The summed E-state index contributed by atoms with van der Waals surface area (Å²) in [7, 11) is 0. The molecule has 0 radical (unpaired) electrons. The summed E-state index contributed by atoms with van der Waals surface area (Å²) < 4.78 is 40.4. The zero-order valence-electron chi connectivity index (χ0n) is 9.96. The van der Waals surface area contributed by atoms with E-state index in [2.05, 4.69) is 20.7 Å². The third-order valence-electron chi connectivity index (χ3n) is 2.07. The summed E-state index contributed by atoms with van der Waals surface area (Å²) in [5, 5.41) is 1.58. The van der Waals surface area contributed by atoms with E-state index in [9.17, 15) is 22.8 Å². The van der Waals surface area contributed by atoms with Gasteiger partial charge in [-0.25, -0.2) is 4.79 Å². The van der Waals surface area contributed by atoms with Gasteiger partial charge < -0.3 is 15.8 Å². The first kappa shape index (κ1) is 16.3. The molecule has 1 rings (SSSR count). The van der Waals surface area contributed by atoms with Crippen LogP contribution in [0.3, 0.4) is 0 Å². The van der Waals surface area contributed by atoms with Gasteiger partial charge in [0, 0.05) is 5.69 Å². The largest absolute Gasteiger partial charge is 0.452 e. The number of nitrogen functional groups attached to an aromatic ring is 1. The normalized spacial score (nSPS) is 11.0. The van der Waals surface area contributed by atoms with E-state index in [1.54, 1.807) is 5.32 Å². The fourth-order valence-corrected chi connectivity index (χ4v) is 1.59. The van der Waals surface area contributed by atoms with Crippen molar-refractivity contribution in [3.63, 3.8) is 0 Å². The van der Waals surface area contributed by atoms with Crippen molar-refractivity contribution in [3.05, 3.63) is 28.2 Å². The molecule has 0 bridgehead atoms. The summed E-state index contributed by atoms with van der Waals surface area (Å²) in [5.74, 6) is -1.91. The monoisotopic (exact) mass is 354 g/mol. The zero-order valence-corrected chi connectivity index (χ0v) is 11.5. The molecule has 0 aliphatic heterocycles. The summed E-state index contributed by atoms with van der Waals surface area (Å²) in [6, 6.07) is 4.44. The summed E-state index contributed by atoms with van der Waals surface area (Å²) in [4.78, 5) is 22.7. The van der Waals surface area contributed by atoms with E-state index in [4.69, 9.17) is 5.73 Å². The molecule has 1 amide bonds. The average Bonchev–Trinajstić information content (AvgIpc) is 2.36. The quantitative estimate of drug-likeness (QED) is 0.638. The van der Waals surface area contributed by atoms with E-state index < -0.39 is 31.2 Å². The van der Waals surface area contributed by atoms with Crippen molar-refractivity contribution in [3.8, 4) is 0 Å². The van der Waals surface area contributed by atoms with Crippen molar-refractivity contribution in [2.45, 2.75) is 6.18 Å². The molecule has 1 aromatic rings. The molecule has 110 valence electrons. The minimum atomic E-state index is -4.52. The van der Waals surface area contributed by atoms with Gasteiger partial charge in [0.2, 0.25) is 0 Å². The van der Waals surface area contributed by atoms with E-state index >= 15 is 0 Å². The highest BCUT2D eigenvalue weighted by Crippen LogP contribution is 2.24. The van der Waals surface area contributed by atoms with Gasteiger partial charge in [0.15, 0.2) is 6.61 Å². The predicted molar refractivity (Wildman–Crippen MR) is 67.9 cm³/mol. The first-order valence-corrected chi connectivity index (χ1v) is 6.04. The highest BCUT2D eigenvalue weighted by molar-refractivity contribution is 9.10. The van der Waals surface area contributed by atoms with Gasteiger partial charge >= 0.3 is 12.1 Å². The van der Waals surface area contributed by atoms with Gasteiger partial charge in [0.1, 0.15) is 6.54 Å². The Bertz CT molecular complexity index is 520. The molecule has 3 N–H and O–H groups in total. The standard InChI is InChI=1S/C11H10BrF3N2O3/c12-9-6(2-1-3-7(9)16)10(19)20-4-8(18)17-5-11(13,14)15/h1-3H,4-5,16H2,(H,17,18). The van der Waals surface area contributed by atoms with Gasteiger partial charge in [-0.05, 0) is 28.1 Å². The maximum Gasteiger partial charge on any atom is 0.405 e. The number of anilines is 1. The molecule has 0 heterocycles. The number of hydrogen-bond donors (Lipinski definition) is 2. The van der Waals surface area contributed by atoms with Crippen LogP contribution in [0.15, 0.2) is 22.7 Å². The number of nitrogens with two attached hydrogens (primary N) is 1. The van der Waals surface area contributed by atoms with Crippen LogP contribution in [-0.2, 0) is 9.53 Å². The molecule has 0 fully saturated rings. The maximum absolute atomic E-state index is 11.8. The number of nitrogens with one attached hydrogen (secondary N) is 1. The molecule has 0 aromatic heterocycles. The van der Waals surface area contributed by atoms with Gasteiger partial charge in [0.05, 0.1) is 10.0 Å². The third kappa shape index (κ3) is 5.08. The minimum Gasteiger partial charge on any atom is -0.452 e. The Morgan fingerprint density at radius 3 is 2.60 bits per heavy atom. The Balaban J connectivity index is 2.51. The molecule has 9 heteroatoms. The highest BCUT2D eigenvalue weighted by Gasteiger charge is 2.27. The lowest BCUT2D eigenvalue weighted by Gasteiger charge is -2.09. The number of ether oxygens (including phenoxy) is 1. The molecular formula is C11H10BrF3N2O3. The SMILES string of the molecule is Nc1cccc(C(=O)OCC(=O)NCC(F)(F)F)c1Br. The van der Waals surface area contributed by atoms with Crippen molar-refractivity contribution >= 4 is 33.5 Å². The molecule has 0 spiro atoms. The lowest BCUT2D eigenvalue weighted by Crippen LogP contribution is -2.36. The molecule has 0 saturated heterocycles. The third-order valence-corrected chi connectivity index (χ3v) is 2.95. The van der Waals surface area contributed by atoms with Crippen LogP contribution in [-0.4, -0.2) is 31.2 Å². The number of rotatable bonds is 4. The number of halogens is 4. The number of esters is 1. The summed E-state index contributed by atoms with van der Waals surface area (Å²) in [6.45, 7) is -2.29. The van der Waals surface area contributed by atoms with Gasteiger partial charge in [0.25, 0.3) is 5.91 Å². The smallest absolute Gasteiger partial charge is 0.405 e. The molecule has 1 aromatic carbocycles. The van der Waals surface area contributed by atoms with Crippen LogP contribution >= 0.6 is 15.9 Å². The topological polar surface area (TPSA) is 81.4 Å². The molecule has 0 aliphatic rings. The van der Waals surface area contributed by atoms with Crippen LogP contribution in [0.1, 0.15) is 10.4 Å². The van der Waals surface area contributed by atoms with Crippen molar-refractivity contribution in [2.75, 3.05) is 18.9 Å². The van der Waals surface area contributed by atoms with Crippen molar-refractivity contribution in [1.82, 2.24) is 5.32 Å². The van der Waals surface area contributed by atoms with Crippen LogP contribution < -0.4 is 11.1 Å². The Kier molecular flexibility index (Phi) is 5.37. The Morgan fingerprint density at radius 1 is 1.35 bits per heavy atom. The fourth-order valence-electron chi connectivity index (χ4n) is 1.17. The molecule has 0 aliphatic carbocycles. The molecule has 5 nitrogen and oxygen atoms in total. The number of amides is 1. The molecule has 0 atom stereocenters. The molecule has 0 unspecified atom stereocenters. The number of hydrogen-bond acceptors (Lipinski definition) is 4. The van der Waals surface area contributed by atoms with Crippen LogP contribution in [0.5, 0.6) is 0 Å². The zero-order chi connectivity index (χ0) is 15.3. The van der Waals surface area contributed by atoms with E-state index in [0.717, 1.165) is 0 Å². The number of alkyl halides is 3. The first-order chi connectivity index (χ1) is 9.20. The fraction of sp³-hybridized carbons (Fsp3) is 0.273. The van der Waals surface area contributed by atoms with E-state index in [1.807, 2.05) is 0 Å². The van der Waals surface area contributed by atoms with E-state index in [1.165, 1.54) is 18.2 Å². The summed E-state index contributed by atoms with van der Waals surface area (Å²) in [6.07, 6.45) is -4.52. The van der Waals surface area contributed by atoms with Gasteiger partial charge in [-0.2, -0.15) is 13.2 Å². The second-order valence-corrected chi connectivity index (χ2v) is 4.47. The minimum absolute atomic E-state index is 0.0774. The van der Waals surface area contributed by atoms with Crippen LogP contribution in [0, 0.1) is 0 Å². The van der Waals surface area contributed by atoms with Gasteiger partial charge in [-0.3, -0.25) is 4.79 Å². The van der Waals surface area contributed by atoms with Crippen molar-refractivity contribution in [2.24, 2.45) is 0 Å². The lowest BCUT2D eigenvalue weighted by molar-refractivity contribution is -0.140. The second-order valence-electron chi connectivity index (χ2n) is 3.68. The van der Waals surface area contributed by atoms with Crippen molar-refractivity contribution in [1.29, 1.82) is 0 Å². The Morgan fingerprint density at radius 2 is 2.00 bits per heavy atom. The summed E-state index contributed by atoms with van der Waals surface area (Å²) in [5.41, 5.74) is 5.92. The van der Waals surface area contributed by atoms with Crippen LogP contribution in [0.4, 0.5) is 18.9 Å². The predicted octanol–water partition coefficient (Wildman–Crippen LogP) is 1.87. The van der Waals surface area contributed by atoms with E-state index in [-0.39, 0.29) is 5.56 Å². The summed E-state index contributed by atoms with van der Waals surface area (Å²) >= 11 is 3.07. The highest BCUT2D eigenvalue weighted by atomic mass is 79.9. The second kappa shape index (κ2) is 6.60. The maximum atomic E-state index is 11.8. The molecule has 0 saturated carbocycles. The van der Waals surface area contributed by atoms with Gasteiger partial charge in [-0.15, -0.1) is 0 Å². The number of carbonyl (C=O) groups is 2. The Labute approximate surface area is 120 Å². The Hall–Kier alpha value is -1.77. The number of carbonyl (C=O) groups excluding carboxylic acids is 2. The molecular weight excluding hydrogens is 345 g/mol.